The van der Waals surface area contributed by atoms with Gasteiger partial charge in [0.15, 0.2) is 0 Å². The Bertz CT molecular complexity index is 392. The summed E-state index contributed by atoms with van der Waals surface area (Å²) in [4.78, 5) is 13.1. The molecular formula is C12H16N2O2. The quantitative estimate of drug-likeness (QED) is 0.795. The number of benzene rings is 1. The van der Waals surface area contributed by atoms with E-state index in [1.807, 2.05) is 6.07 Å². The molecule has 86 valence electrons. The molecule has 0 amide bonds. The molecule has 0 saturated carbocycles. The predicted molar refractivity (Wildman–Crippen MR) is 61.3 cm³/mol. The number of nitrogens with two attached hydrogens (primary N) is 1. The van der Waals surface area contributed by atoms with Gasteiger partial charge in [0.25, 0.3) is 0 Å². The second-order valence-corrected chi connectivity index (χ2v) is 4.29. The lowest BCUT2D eigenvalue weighted by Gasteiger charge is -2.15. The summed E-state index contributed by atoms with van der Waals surface area (Å²) in [6.45, 7) is 2.69. The summed E-state index contributed by atoms with van der Waals surface area (Å²) in [5.41, 5.74) is 7.21. The van der Waals surface area contributed by atoms with Gasteiger partial charge >= 0.3 is 5.97 Å². The molecule has 1 aromatic rings. The van der Waals surface area contributed by atoms with Crippen molar-refractivity contribution in [1.82, 2.24) is 4.90 Å². The predicted octanol–water partition coefficient (Wildman–Crippen LogP) is 0.918. The van der Waals surface area contributed by atoms with Crippen LogP contribution in [0.15, 0.2) is 24.3 Å². The monoisotopic (exact) mass is 220 g/mol. The molecule has 0 bridgehead atoms. The van der Waals surface area contributed by atoms with Gasteiger partial charge in [-0.3, -0.25) is 4.90 Å². The molecule has 1 fully saturated rings. The number of hydrogen-bond acceptors (Lipinski definition) is 3. The summed E-state index contributed by atoms with van der Waals surface area (Å²) in [5, 5.41) is 8.88. The first kappa shape index (κ1) is 11.1. The molecule has 1 saturated heterocycles. The molecule has 1 aromatic carbocycles. The number of hydrogen-bond donors (Lipinski definition) is 2. The van der Waals surface area contributed by atoms with E-state index in [1.165, 1.54) is 0 Å². The highest BCUT2D eigenvalue weighted by molar-refractivity contribution is 5.87. The third kappa shape index (κ3) is 2.59. The fourth-order valence-electron chi connectivity index (χ4n) is 2.07. The third-order valence-corrected chi connectivity index (χ3v) is 2.89. The first-order valence-electron chi connectivity index (χ1n) is 5.45. The minimum absolute atomic E-state index is 0.266. The molecule has 1 unspecified atom stereocenters. The first-order chi connectivity index (χ1) is 7.65. The van der Waals surface area contributed by atoms with E-state index < -0.39 is 5.97 Å². The summed E-state index contributed by atoms with van der Waals surface area (Å²) in [6, 6.07) is 7.35. The normalized spacial score (nSPS) is 21.2. The maximum atomic E-state index is 10.8. The van der Waals surface area contributed by atoms with Crippen LogP contribution in [0.2, 0.25) is 0 Å². The van der Waals surface area contributed by atoms with Crippen molar-refractivity contribution >= 4 is 5.97 Å². The van der Waals surface area contributed by atoms with Crippen molar-refractivity contribution in [3.63, 3.8) is 0 Å². The van der Waals surface area contributed by atoms with Crippen LogP contribution in [0.1, 0.15) is 22.3 Å². The lowest BCUT2D eigenvalue weighted by atomic mass is 10.1. The Hall–Kier alpha value is -1.39. The zero-order chi connectivity index (χ0) is 11.5. The summed E-state index contributed by atoms with van der Waals surface area (Å²) in [5.74, 6) is -0.875. The highest BCUT2D eigenvalue weighted by Crippen LogP contribution is 2.13. The van der Waals surface area contributed by atoms with E-state index >= 15 is 0 Å². The zero-order valence-corrected chi connectivity index (χ0v) is 9.10. The number of nitrogens with zero attached hydrogens (tertiary/aromatic N) is 1. The highest BCUT2D eigenvalue weighted by Gasteiger charge is 2.18. The van der Waals surface area contributed by atoms with Crippen molar-refractivity contribution in [3.8, 4) is 0 Å². The molecule has 0 aromatic heterocycles. The minimum Gasteiger partial charge on any atom is -0.478 e. The number of rotatable bonds is 3. The zero-order valence-electron chi connectivity index (χ0n) is 9.10. The molecule has 0 aliphatic carbocycles. The Balaban J connectivity index is 2.04. The Labute approximate surface area is 94.7 Å². The second-order valence-electron chi connectivity index (χ2n) is 4.29. The Morgan fingerprint density at radius 1 is 1.56 bits per heavy atom. The molecule has 0 spiro atoms. The van der Waals surface area contributed by atoms with Crippen molar-refractivity contribution in [2.45, 2.75) is 19.0 Å². The summed E-state index contributed by atoms with van der Waals surface area (Å²) in [6.07, 6.45) is 1.03. The summed E-state index contributed by atoms with van der Waals surface area (Å²) in [7, 11) is 0. The molecule has 2 rings (SSSR count). The van der Waals surface area contributed by atoms with Crippen molar-refractivity contribution in [1.29, 1.82) is 0 Å². The van der Waals surface area contributed by atoms with E-state index in [2.05, 4.69) is 4.90 Å². The second kappa shape index (κ2) is 4.63. The van der Waals surface area contributed by atoms with Crippen LogP contribution < -0.4 is 5.73 Å². The van der Waals surface area contributed by atoms with Gasteiger partial charge in [-0.1, -0.05) is 12.1 Å². The van der Waals surface area contributed by atoms with E-state index in [4.69, 9.17) is 10.8 Å². The molecular weight excluding hydrogens is 204 g/mol. The van der Waals surface area contributed by atoms with Crippen molar-refractivity contribution in [2.75, 3.05) is 13.1 Å². The van der Waals surface area contributed by atoms with Gasteiger partial charge in [0, 0.05) is 25.7 Å². The topological polar surface area (TPSA) is 66.6 Å². The fraction of sp³-hybridized carbons (Fsp3) is 0.417. The highest BCUT2D eigenvalue weighted by atomic mass is 16.4. The molecule has 1 aliphatic rings. The van der Waals surface area contributed by atoms with E-state index in [0.717, 1.165) is 31.6 Å². The molecule has 4 nitrogen and oxygen atoms in total. The fourth-order valence-corrected chi connectivity index (χ4v) is 2.07. The SMILES string of the molecule is NC1CCN(Cc2cccc(C(=O)O)c2)C1. The average molecular weight is 220 g/mol. The van der Waals surface area contributed by atoms with Crippen LogP contribution in [0, 0.1) is 0 Å². The van der Waals surface area contributed by atoms with Gasteiger partial charge in [-0.05, 0) is 24.1 Å². The van der Waals surface area contributed by atoms with E-state index in [9.17, 15) is 4.79 Å². The molecule has 1 atom stereocenters. The van der Waals surface area contributed by atoms with Crippen LogP contribution in [-0.4, -0.2) is 35.1 Å². The maximum absolute atomic E-state index is 10.8. The average Bonchev–Trinajstić information content (AvgIpc) is 2.64. The van der Waals surface area contributed by atoms with Crippen molar-refractivity contribution in [2.24, 2.45) is 5.73 Å². The van der Waals surface area contributed by atoms with Crippen LogP contribution in [-0.2, 0) is 6.54 Å². The van der Waals surface area contributed by atoms with Crippen LogP contribution in [0.3, 0.4) is 0 Å². The van der Waals surface area contributed by atoms with Crippen molar-refractivity contribution < 1.29 is 9.90 Å². The minimum atomic E-state index is -0.875. The molecule has 16 heavy (non-hydrogen) atoms. The van der Waals surface area contributed by atoms with Crippen LogP contribution in [0.25, 0.3) is 0 Å². The third-order valence-electron chi connectivity index (χ3n) is 2.89. The molecule has 3 N–H and O–H groups in total. The van der Waals surface area contributed by atoms with Gasteiger partial charge in [0.2, 0.25) is 0 Å². The molecule has 1 heterocycles. The molecule has 0 radical (unpaired) electrons. The number of carboxylic acids is 1. The van der Waals surface area contributed by atoms with Gasteiger partial charge in [-0.25, -0.2) is 4.79 Å². The lowest BCUT2D eigenvalue weighted by Crippen LogP contribution is -2.26. The Kier molecular flexibility index (Phi) is 3.22. The van der Waals surface area contributed by atoms with Crippen molar-refractivity contribution in [3.05, 3.63) is 35.4 Å². The van der Waals surface area contributed by atoms with Gasteiger partial charge in [-0.2, -0.15) is 0 Å². The van der Waals surface area contributed by atoms with Crippen LogP contribution in [0.4, 0.5) is 0 Å². The number of carboxylic acid groups (broad SMARTS) is 1. The molecule has 1 aliphatic heterocycles. The van der Waals surface area contributed by atoms with E-state index in [-0.39, 0.29) is 6.04 Å². The van der Waals surface area contributed by atoms with Crippen LogP contribution >= 0.6 is 0 Å². The Morgan fingerprint density at radius 2 is 2.38 bits per heavy atom. The van der Waals surface area contributed by atoms with Gasteiger partial charge in [0.1, 0.15) is 0 Å². The largest absolute Gasteiger partial charge is 0.478 e. The van der Waals surface area contributed by atoms with Gasteiger partial charge < -0.3 is 10.8 Å². The molecule has 4 heteroatoms. The maximum Gasteiger partial charge on any atom is 0.335 e. The first-order valence-corrected chi connectivity index (χ1v) is 5.45. The smallest absolute Gasteiger partial charge is 0.335 e. The summed E-state index contributed by atoms with van der Waals surface area (Å²) < 4.78 is 0. The summed E-state index contributed by atoms with van der Waals surface area (Å²) >= 11 is 0. The van der Waals surface area contributed by atoms with E-state index in [0.29, 0.717) is 5.56 Å². The lowest BCUT2D eigenvalue weighted by molar-refractivity contribution is 0.0696. The van der Waals surface area contributed by atoms with Gasteiger partial charge in [-0.15, -0.1) is 0 Å². The van der Waals surface area contributed by atoms with E-state index in [1.54, 1.807) is 18.2 Å². The Morgan fingerprint density at radius 3 is 3.00 bits per heavy atom. The van der Waals surface area contributed by atoms with Crippen LogP contribution in [0.5, 0.6) is 0 Å². The van der Waals surface area contributed by atoms with Gasteiger partial charge in [0.05, 0.1) is 5.56 Å². The number of likely N-dealkylation sites (tertiary alicyclic amines) is 1. The number of carbonyl (C=O) groups is 1. The number of aromatic carboxylic acids is 1. The standard InChI is InChI=1S/C12H16N2O2/c13-11-4-5-14(8-11)7-9-2-1-3-10(6-9)12(15)16/h1-3,6,11H,4-5,7-8,13H2,(H,15,16).